The van der Waals surface area contributed by atoms with Gasteiger partial charge in [0.15, 0.2) is 0 Å². The van der Waals surface area contributed by atoms with Crippen LogP contribution in [0.2, 0.25) is 0 Å². The van der Waals surface area contributed by atoms with Crippen molar-refractivity contribution < 1.29 is 14.3 Å². The van der Waals surface area contributed by atoms with Crippen LogP contribution in [-0.4, -0.2) is 19.6 Å². The number of ether oxygens (including phenoxy) is 2. The summed E-state index contributed by atoms with van der Waals surface area (Å²) in [5, 5.41) is 2.98. The van der Waals surface area contributed by atoms with Crippen LogP contribution in [0.3, 0.4) is 0 Å². The molecule has 1 aliphatic heterocycles. The molecule has 0 spiro atoms. The molecule has 1 N–H and O–H groups in total. The zero-order valence-electron chi connectivity index (χ0n) is 12.5. The Labute approximate surface area is 130 Å². The third-order valence-electron chi connectivity index (χ3n) is 3.85. The predicted molar refractivity (Wildman–Crippen MR) is 84.0 cm³/mol. The Morgan fingerprint density at radius 1 is 1.27 bits per heavy atom. The van der Waals surface area contributed by atoms with Gasteiger partial charge in [-0.3, -0.25) is 4.79 Å². The van der Waals surface area contributed by atoms with E-state index in [2.05, 4.69) is 5.32 Å². The van der Waals surface area contributed by atoms with Gasteiger partial charge in [-0.15, -0.1) is 0 Å². The topological polar surface area (TPSA) is 47.6 Å². The SMILES string of the molecule is COc1ccc2c(c1)C[C@H](C(=O)NCc1ccccc1)CO2. The lowest BCUT2D eigenvalue weighted by Gasteiger charge is -2.25. The predicted octanol–water partition coefficient (Wildman–Crippen LogP) is 2.56. The Hall–Kier alpha value is -2.49. The highest BCUT2D eigenvalue weighted by Crippen LogP contribution is 2.30. The molecule has 0 aromatic heterocycles. The molecular formula is C18H19NO3. The molecule has 0 bridgehead atoms. The Kier molecular flexibility index (Phi) is 4.28. The van der Waals surface area contributed by atoms with Crippen molar-refractivity contribution >= 4 is 5.91 Å². The molecule has 0 aliphatic carbocycles. The van der Waals surface area contributed by atoms with E-state index in [0.29, 0.717) is 19.6 Å². The Morgan fingerprint density at radius 3 is 2.86 bits per heavy atom. The maximum atomic E-state index is 12.3. The number of hydrogen-bond acceptors (Lipinski definition) is 3. The number of nitrogens with one attached hydrogen (secondary N) is 1. The van der Waals surface area contributed by atoms with Crippen molar-refractivity contribution in [3.05, 3.63) is 59.7 Å². The maximum absolute atomic E-state index is 12.3. The molecule has 0 saturated heterocycles. The van der Waals surface area contributed by atoms with E-state index in [4.69, 9.17) is 9.47 Å². The van der Waals surface area contributed by atoms with Gasteiger partial charge >= 0.3 is 0 Å². The van der Waals surface area contributed by atoms with Crippen molar-refractivity contribution in [3.8, 4) is 11.5 Å². The fourth-order valence-electron chi connectivity index (χ4n) is 2.60. The molecule has 1 amide bonds. The molecule has 22 heavy (non-hydrogen) atoms. The van der Waals surface area contributed by atoms with Gasteiger partial charge in [-0.1, -0.05) is 30.3 Å². The molecule has 114 valence electrons. The van der Waals surface area contributed by atoms with E-state index in [1.165, 1.54) is 0 Å². The first kappa shape index (κ1) is 14.4. The van der Waals surface area contributed by atoms with Gasteiger partial charge in [-0.25, -0.2) is 0 Å². The number of hydrogen-bond donors (Lipinski definition) is 1. The Balaban J connectivity index is 1.62. The lowest BCUT2D eigenvalue weighted by Crippen LogP contribution is -2.37. The quantitative estimate of drug-likeness (QED) is 0.943. The van der Waals surface area contributed by atoms with Crippen LogP contribution >= 0.6 is 0 Å². The monoisotopic (exact) mass is 297 g/mol. The first-order chi connectivity index (χ1) is 10.8. The van der Waals surface area contributed by atoms with Crippen LogP contribution in [0, 0.1) is 5.92 Å². The molecular weight excluding hydrogens is 278 g/mol. The summed E-state index contributed by atoms with van der Waals surface area (Å²) >= 11 is 0. The summed E-state index contributed by atoms with van der Waals surface area (Å²) in [5.74, 6) is 1.49. The van der Waals surface area contributed by atoms with E-state index >= 15 is 0 Å². The fourth-order valence-corrected chi connectivity index (χ4v) is 2.60. The fraction of sp³-hybridized carbons (Fsp3) is 0.278. The van der Waals surface area contributed by atoms with E-state index in [0.717, 1.165) is 22.6 Å². The van der Waals surface area contributed by atoms with E-state index in [1.807, 2.05) is 48.5 Å². The third-order valence-corrected chi connectivity index (χ3v) is 3.85. The molecule has 3 rings (SSSR count). The zero-order chi connectivity index (χ0) is 15.4. The molecule has 0 saturated carbocycles. The van der Waals surface area contributed by atoms with Crippen molar-refractivity contribution in [1.82, 2.24) is 5.32 Å². The molecule has 0 radical (unpaired) electrons. The average molecular weight is 297 g/mol. The van der Waals surface area contributed by atoms with Crippen molar-refractivity contribution in [2.45, 2.75) is 13.0 Å². The number of fused-ring (bicyclic) bond motifs is 1. The lowest BCUT2D eigenvalue weighted by atomic mass is 9.95. The van der Waals surface area contributed by atoms with Crippen LogP contribution in [0.4, 0.5) is 0 Å². The number of carbonyl (C=O) groups excluding carboxylic acids is 1. The van der Waals surface area contributed by atoms with Crippen LogP contribution < -0.4 is 14.8 Å². The minimum atomic E-state index is -0.164. The van der Waals surface area contributed by atoms with Crippen molar-refractivity contribution in [2.75, 3.05) is 13.7 Å². The molecule has 1 atom stereocenters. The van der Waals surface area contributed by atoms with Gasteiger partial charge in [0.25, 0.3) is 0 Å². The van der Waals surface area contributed by atoms with Gasteiger partial charge in [0.2, 0.25) is 5.91 Å². The lowest BCUT2D eigenvalue weighted by molar-refractivity contribution is -0.126. The van der Waals surface area contributed by atoms with Gasteiger partial charge < -0.3 is 14.8 Å². The molecule has 4 heteroatoms. The van der Waals surface area contributed by atoms with E-state index in [-0.39, 0.29) is 11.8 Å². The summed E-state index contributed by atoms with van der Waals surface area (Å²) in [6.45, 7) is 0.959. The summed E-state index contributed by atoms with van der Waals surface area (Å²) in [6, 6.07) is 15.6. The van der Waals surface area contributed by atoms with Gasteiger partial charge in [0.1, 0.15) is 18.1 Å². The minimum Gasteiger partial charge on any atom is -0.497 e. The second-order valence-electron chi connectivity index (χ2n) is 5.39. The summed E-state index contributed by atoms with van der Waals surface area (Å²) in [4.78, 5) is 12.3. The van der Waals surface area contributed by atoms with Gasteiger partial charge in [0, 0.05) is 6.54 Å². The smallest absolute Gasteiger partial charge is 0.227 e. The number of amides is 1. The highest BCUT2D eigenvalue weighted by Gasteiger charge is 2.26. The summed E-state index contributed by atoms with van der Waals surface area (Å²) in [7, 11) is 1.63. The van der Waals surface area contributed by atoms with E-state index < -0.39 is 0 Å². The number of methoxy groups -OCH3 is 1. The summed E-state index contributed by atoms with van der Waals surface area (Å²) in [6.07, 6.45) is 0.674. The summed E-state index contributed by atoms with van der Waals surface area (Å²) in [5.41, 5.74) is 2.11. The van der Waals surface area contributed by atoms with Crippen LogP contribution in [0.5, 0.6) is 11.5 Å². The number of carbonyl (C=O) groups is 1. The highest BCUT2D eigenvalue weighted by atomic mass is 16.5. The van der Waals surface area contributed by atoms with Crippen molar-refractivity contribution in [1.29, 1.82) is 0 Å². The Morgan fingerprint density at radius 2 is 2.09 bits per heavy atom. The minimum absolute atomic E-state index is 0.0253. The molecule has 1 aliphatic rings. The van der Waals surface area contributed by atoms with Crippen molar-refractivity contribution in [3.63, 3.8) is 0 Å². The summed E-state index contributed by atoms with van der Waals surface area (Å²) < 4.78 is 10.9. The third kappa shape index (κ3) is 3.22. The molecule has 0 fully saturated rings. The van der Waals surface area contributed by atoms with Crippen LogP contribution in [0.25, 0.3) is 0 Å². The molecule has 0 unspecified atom stereocenters. The zero-order valence-corrected chi connectivity index (χ0v) is 12.5. The first-order valence-corrected chi connectivity index (χ1v) is 7.37. The second kappa shape index (κ2) is 6.52. The van der Waals surface area contributed by atoms with Gasteiger partial charge in [-0.2, -0.15) is 0 Å². The van der Waals surface area contributed by atoms with Crippen molar-refractivity contribution in [2.24, 2.45) is 5.92 Å². The second-order valence-corrected chi connectivity index (χ2v) is 5.39. The first-order valence-electron chi connectivity index (χ1n) is 7.37. The largest absolute Gasteiger partial charge is 0.497 e. The highest BCUT2D eigenvalue weighted by molar-refractivity contribution is 5.79. The number of rotatable bonds is 4. The molecule has 1 heterocycles. The average Bonchev–Trinajstić information content (AvgIpc) is 2.59. The standard InChI is InChI=1S/C18H19NO3/c1-21-16-7-8-17-14(10-16)9-15(12-22-17)18(20)19-11-13-5-3-2-4-6-13/h2-8,10,15H,9,11-12H2,1H3,(H,19,20)/t15-/m0/s1. The normalized spacial score (nSPS) is 16.3. The molecule has 2 aromatic carbocycles. The van der Waals surface area contributed by atoms with Gasteiger partial charge in [0.05, 0.1) is 13.0 Å². The maximum Gasteiger partial charge on any atom is 0.227 e. The molecule has 2 aromatic rings. The van der Waals surface area contributed by atoms with E-state index in [9.17, 15) is 4.79 Å². The molecule has 4 nitrogen and oxygen atoms in total. The van der Waals surface area contributed by atoms with Crippen LogP contribution in [0.15, 0.2) is 48.5 Å². The van der Waals surface area contributed by atoms with Crippen LogP contribution in [0.1, 0.15) is 11.1 Å². The van der Waals surface area contributed by atoms with Gasteiger partial charge in [-0.05, 0) is 35.7 Å². The number of benzene rings is 2. The van der Waals surface area contributed by atoms with Crippen LogP contribution in [-0.2, 0) is 17.8 Å². The van der Waals surface area contributed by atoms with E-state index in [1.54, 1.807) is 7.11 Å². The Bertz CT molecular complexity index is 655.